The maximum absolute atomic E-state index is 15.2. The lowest BCUT2D eigenvalue weighted by molar-refractivity contribution is -0.185. The van der Waals surface area contributed by atoms with Gasteiger partial charge in [-0.2, -0.15) is 22.0 Å². The van der Waals surface area contributed by atoms with Gasteiger partial charge in [0.25, 0.3) is 0 Å². The van der Waals surface area contributed by atoms with Crippen LogP contribution >= 0.6 is 0 Å². The first-order valence-corrected chi connectivity index (χ1v) is 13.3. The van der Waals surface area contributed by atoms with E-state index in [0.717, 1.165) is 42.5 Å². The minimum atomic E-state index is -4.84. The number of alkyl halides is 5. The molecule has 0 N–H and O–H groups in total. The molecule has 1 fully saturated rings. The van der Waals surface area contributed by atoms with E-state index in [9.17, 15) is 22.0 Å². The Bertz CT molecular complexity index is 1220. The predicted octanol–water partition coefficient (Wildman–Crippen LogP) is 10.3. The van der Waals surface area contributed by atoms with Crippen LogP contribution in [0.4, 0.5) is 30.7 Å². The highest BCUT2D eigenvalue weighted by atomic mass is 19.4. The van der Waals surface area contributed by atoms with E-state index in [0.29, 0.717) is 24.1 Å². The average molecular weight is 553 g/mol. The zero-order valence-corrected chi connectivity index (χ0v) is 21.6. The minimum Gasteiger partial charge on any atom is -0.428 e. The van der Waals surface area contributed by atoms with E-state index >= 15 is 8.78 Å². The van der Waals surface area contributed by atoms with Crippen LogP contribution in [0.1, 0.15) is 68.6 Å². The van der Waals surface area contributed by atoms with E-state index in [2.05, 4.69) is 6.92 Å². The average Bonchev–Trinajstić information content (AvgIpc) is 2.87. The molecule has 210 valence electrons. The molecule has 3 aromatic carbocycles. The van der Waals surface area contributed by atoms with Gasteiger partial charge in [-0.15, -0.1) is 0 Å². The number of hydrogen-bond acceptors (Lipinski definition) is 1. The minimum absolute atomic E-state index is 0.230. The number of halogens is 7. The van der Waals surface area contributed by atoms with E-state index in [4.69, 9.17) is 4.74 Å². The van der Waals surface area contributed by atoms with Crippen LogP contribution in [-0.4, -0.2) is 0 Å². The lowest BCUT2D eigenvalue weighted by Gasteiger charge is -2.28. The normalized spacial score (nSPS) is 18.3. The zero-order chi connectivity index (χ0) is 28.2. The van der Waals surface area contributed by atoms with Crippen molar-refractivity contribution in [2.75, 3.05) is 0 Å². The van der Waals surface area contributed by atoms with Gasteiger partial charge in [-0.3, -0.25) is 0 Å². The topological polar surface area (TPSA) is 9.23 Å². The van der Waals surface area contributed by atoms with Gasteiger partial charge in [-0.25, -0.2) is 8.78 Å². The molecule has 0 atom stereocenters. The Hall–Kier alpha value is -3.03. The number of ether oxygens (including phenoxy) is 1. The van der Waals surface area contributed by atoms with Crippen molar-refractivity contribution in [1.82, 2.24) is 0 Å². The zero-order valence-electron chi connectivity index (χ0n) is 21.6. The maximum atomic E-state index is 15.2. The molecule has 0 saturated heterocycles. The number of hydrogen-bond donors (Lipinski definition) is 0. The Balaban J connectivity index is 1.50. The molecule has 0 spiro atoms. The number of benzene rings is 3. The van der Waals surface area contributed by atoms with Gasteiger partial charge < -0.3 is 4.74 Å². The summed E-state index contributed by atoms with van der Waals surface area (Å²) in [6.07, 6.45) is 0.201. The molecule has 0 radical (unpaired) electrons. The SMILES string of the molecule is CCC[C@H]1CC[C@H](CCc2ccc(C(F)(F)Oc3cc(C(F)(F)F)ccc3-c3cc(F)cc(F)c3)cc2)CC1. The van der Waals surface area contributed by atoms with Crippen molar-refractivity contribution >= 4 is 0 Å². The summed E-state index contributed by atoms with van der Waals surface area (Å²) in [4.78, 5) is 0. The van der Waals surface area contributed by atoms with Gasteiger partial charge in [0.2, 0.25) is 0 Å². The third kappa shape index (κ3) is 7.55. The van der Waals surface area contributed by atoms with Crippen LogP contribution in [0.5, 0.6) is 5.75 Å². The monoisotopic (exact) mass is 552 g/mol. The highest BCUT2D eigenvalue weighted by Crippen LogP contribution is 2.42. The van der Waals surface area contributed by atoms with Crippen LogP contribution in [0.2, 0.25) is 0 Å². The van der Waals surface area contributed by atoms with Crippen molar-refractivity contribution in [3.8, 4) is 16.9 Å². The highest BCUT2D eigenvalue weighted by molar-refractivity contribution is 5.71. The summed E-state index contributed by atoms with van der Waals surface area (Å²) >= 11 is 0. The largest absolute Gasteiger partial charge is 0.428 e. The van der Waals surface area contributed by atoms with Crippen molar-refractivity contribution in [2.24, 2.45) is 11.8 Å². The van der Waals surface area contributed by atoms with Gasteiger partial charge in [0.05, 0.1) is 11.1 Å². The smallest absolute Gasteiger partial charge is 0.426 e. The Kier molecular flexibility index (Phi) is 8.92. The first kappa shape index (κ1) is 29.0. The first-order valence-electron chi connectivity index (χ1n) is 13.3. The van der Waals surface area contributed by atoms with Crippen LogP contribution in [0, 0.1) is 23.5 Å². The first-order chi connectivity index (χ1) is 18.4. The second kappa shape index (κ2) is 12.0. The van der Waals surface area contributed by atoms with E-state index in [-0.39, 0.29) is 11.1 Å². The fourth-order valence-electron chi connectivity index (χ4n) is 5.38. The van der Waals surface area contributed by atoms with Crippen molar-refractivity contribution < 1.29 is 35.5 Å². The molecular formula is C31H31F7O. The van der Waals surface area contributed by atoms with Crippen LogP contribution in [0.15, 0.2) is 60.7 Å². The Morgan fingerprint density at radius 2 is 1.28 bits per heavy atom. The number of aryl methyl sites for hydroxylation is 1. The summed E-state index contributed by atoms with van der Waals surface area (Å²) < 4.78 is 103. The fourth-order valence-corrected chi connectivity index (χ4v) is 5.38. The molecule has 0 aliphatic heterocycles. The molecule has 3 aromatic rings. The Labute approximate surface area is 224 Å². The van der Waals surface area contributed by atoms with Crippen molar-refractivity contribution in [3.63, 3.8) is 0 Å². The third-order valence-corrected chi connectivity index (χ3v) is 7.52. The van der Waals surface area contributed by atoms with Gasteiger partial charge in [0, 0.05) is 11.6 Å². The molecule has 39 heavy (non-hydrogen) atoms. The second-order valence-corrected chi connectivity index (χ2v) is 10.4. The van der Waals surface area contributed by atoms with Crippen LogP contribution in [0.25, 0.3) is 11.1 Å². The van der Waals surface area contributed by atoms with Crippen molar-refractivity contribution in [2.45, 2.75) is 70.6 Å². The van der Waals surface area contributed by atoms with Crippen molar-refractivity contribution in [1.29, 1.82) is 0 Å². The molecule has 4 rings (SSSR count). The Morgan fingerprint density at radius 1 is 0.718 bits per heavy atom. The summed E-state index contributed by atoms with van der Waals surface area (Å²) in [5.41, 5.74) is -1.41. The van der Waals surface area contributed by atoms with Crippen LogP contribution in [0.3, 0.4) is 0 Å². The molecule has 1 nitrogen and oxygen atoms in total. The number of rotatable bonds is 9. The van der Waals surface area contributed by atoms with Gasteiger partial charge in [-0.05, 0) is 72.2 Å². The van der Waals surface area contributed by atoms with E-state index < -0.39 is 40.8 Å². The molecular weight excluding hydrogens is 521 g/mol. The molecule has 0 heterocycles. The van der Waals surface area contributed by atoms with Gasteiger partial charge in [0.15, 0.2) is 0 Å². The van der Waals surface area contributed by atoms with Gasteiger partial charge in [0.1, 0.15) is 17.4 Å². The second-order valence-electron chi connectivity index (χ2n) is 10.4. The molecule has 0 unspecified atom stereocenters. The molecule has 0 amide bonds. The summed E-state index contributed by atoms with van der Waals surface area (Å²) in [6, 6.07) is 9.70. The van der Waals surface area contributed by atoms with Gasteiger partial charge >= 0.3 is 12.3 Å². The molecule has 8 heteroatoms. The van der Waals surface area contributed by atoms with E-state index in [1.807, 2.05) is 0 Å². The quantitative estimate of drug-likeness (QED) is 0.240. The van der Waals surface area contributed by atoms with E-state index in [1.54, 1.807) is 12.1 Å². The molecule has 0 bridgehead atoms. The summed E-state index contributed by atoms with van der Waals surface area (Å²) in [7, 11) is 0. The fraction of sp³-hybridized carbons (Fsp3) is 0.419. The standard InChI is InChI=1S/C31H31F7O/c1-2-3-20-4-6-21(7-5-20)8-9-22-10-12-24(13-11-22)31(37,38)39-29-18-25(30(34,35)36)14-15-28(29)23-16-26(32)19-27(33)17-23/h10-21H,2-9H2,1H3/t20-,21-. The summed E-state index contributed by atoms with van der Waals surface area (Å²) in [6.45, 7) is 2.20. The third-order valence-electron chi connectivity index (χ3n) is 7.52. The van der Waals surface area contributed by atoms with Crippen molar-refractivity contribution in [3.05, 3.63) is 89.0 Å². The van der Waals surface area contributed by atoms with Crippen LogP contribution < -0.4 is 4.74 Å². The van der Waals surface area contributed by atoms with E-state index in [1.165, 1.54) is 50.7 Å². The molecule has 1 saturated carbocycles. The Morgan fingerprint density at radius 3 is 1.85 bits per heavy atom. The van der Waals surface area contributed by atoms with Crippen LogP contribution in [-0.2, 0) is 18.7 Å². The van der Waals surface area contributed by atoms with Gasteiger partial charge in [-0.1, -0.05) is 63.6 Å². The molecule has 1 aliphatic carbocycles. The maximum Gasteiger partial charge on any atom is 0.426 e. The molecule has 1 aliphatic rings. The summed E-state index contributed by atoms with van der Waals surface area (Å²) in [5, 5.41) is 0. The molecule has 0 aromatic heterocycles. The highest BCUT2D eigenvalue weighted by Gasteiger charge is 2.37. The lowest BCUT2D eigenvalue weighted by Crippen LogP contribution is -2.22. The summed E-state index contributed by atoms with van der Waals surface area (Å²) in [5.74, 6) is -1.43. The predicted molar refractivity (Wildman–Crippen MR) is 136 cm³/mol. The lowest BCUT2D eigenvalue weighted by atomic mass is 9.78.